The normalized spacial score (nSPS) is 13.6. The number of benzene rings is 4. The van der Waals surface area contributed by atoms with Crippen LogP contribution in [0.2, 0.25) is 0 Å². The molecule has 0 saturated carbocycles. The molecule has 2 aromatic heterocycles. The number of aromatic nitrogens is 2. The Morgan fingerprint density at radius 3 is 1.43 bits per heavy atom. The Morgan fingerprint density at radius 2 is 1.04 bits per heavy atom. The van der Waals surface area contributed by atoms with Crippen molar-refractivity contribution in [3.63, 3.8) is 0 Å². The van der Waals surface area contributed by atoms with Crippen molar-refractivity contribution in [2.45, 2.75) is 71.5 Å². The largest absolute Gasteiger partial charge is 0.348 e. The summed E-state index contributed by atoms with van der Waals surface area (Å²) in [5, 5.41) is 10.2. The molecule has 7 nitrogen and oxygen atoms in total. The van der Waals surface area contributed by atoms with E-state index in [-0.39, 0.29) is 23.9 Å². The summed E-state index contributed by atoms with van der Waals surface area (Å²) in [6, 6.07) is 26.7. The molecule has 6 aromatic rings. The minimum absolute atomic E-state index is 0.234. The molecule has 0 radical (unpaired) electrons. The molecule has 0 saturated heterocycles. The van der Waals surface area contributed by atoms with Crippen molar-refractivity contribution in [2.75, 3.05) is 0 Å². The van der Waals surface area contributed by atoms with Crippen molar-refractivity contribution in [3.05, 3.63) is 107 Å². The Labute approximate surface area is 269 Å². The van der Waals surface area contributed by atoms with E-state index in [9.17, 15) is 9.59 Å². The van der Waals surface area contributed by atoms with E-state index >= 15 is 0 Å². The highest BCUT2D eigenvalue weighted by molar-refractivity contribution is 6.09. The molecule has 4 N–H and O–H groups in total. The fourth-order valence-electron chi connectivity index (χ4n) is 6.34. The number of amides is 2. The van der Waals surface area contributed by atoms with Crippen molar-refractivity contribution in [1.29, 1.82) is 0 Å². The van der Waals surface area contributed by atoms with Gasteiger partial charge in [0.2, 0.25) is 0 Å². The van der Waals surface area contributed by atoms with E-state index < -0.39 is 6.04 Å². The lowest BCUT2D eigenvalue weighted by atomic mass is 9.95. The van der Waals surface area contributed by atoms with Gasteiger partial charge in [-0.3, -0.25) is 9.59 Å². The van der Waals surface area contributed by atoms with Crippen LogP contribution >= 0.6 is 0 Å². The van der Waals surface area contributed by atoms with E-state index in [1.165, 1.54) is 11.1 Å². The highest BCUT2D eigenvalue weighted by Crippen LogP contribution is 2.26. The number of fused-ring (bicyclic) bond motifs is 4. The Hall–Kier alpha value is -4.88. The van der Waals surface area contributed by atoms with Crippen molar-refractivity contribution >= 4 is 55.4 Å². The first-order valence-electron chi connectivity index (χ1n) is 16.4. The highest BCUT2D eigenvalue weighted by atomic mass is 16.2. The molecule has 7 heteroatoms. The van der Waals surface area contributed by atoms with Crippen LogP contribution in [0.5, 0.6) is 0 Å². The van der Waals surface area contributed by atoms with E-state index in [1.807, 2.05) is 50.2 Å². The first-order chi connectivity index (χ1) is 22.3. The molecular formula is C39H41N5O2. The molecule has 6 rings (SSSR count). The average molecular weight is 612 g/mol. The van der Waals surface area contributed by atoms with E-state index in [1.54, 1.807) is 12.1 Å². The van der Waals surface area contributed by atoms with Gasteiger partial charge in [0.1, 0.15) is 0 Å². The number of carbonyl (C=O) groups is 2. The summed E-state index contributed by atoms with van der Waals surface area (Å²) in [5.41, 5.74) is 13.3. The van der Waals surface area contributed by atoms with Crippen molar-refractivity contribution in [2.24, 2.45) is 5.73 Å². The monoisotopic (exact) mass is 611 g/mol. The smallest absolute Gasteiger partial charge is 0.253 e. The number of hydrogen-bond donors (Lipinski definition) is 3. The van der Waals surface area contributed by atoms with Gasteiger partial charge in [-0.15, -0.1) is 0 Å². The predicted octanol–water partition coefficient (Wildman–Crippen LogP) is 7.26. The van der Waals surface area contributed by atoms with Crippen LogP contribution in [0.4, 0.5) is 0 Å². The van der Waals surface area contributed by atoms with Crippen LogP contribution in [-0.4, -0.2) is 39.9 Å². The minimum Gasteiger partial charge on any atom is -0.348 e. The number of nitrogens with one attached hydrogen (secondary N) is 2. The van der Waals surface area contributed by atoms with Crippen molar-refractivity contribution in [3.8, 4) is 0 Å². The lowest BCUT2D eigenvalue weighted by molar-refractivity contribution is 0.0909. The fourth-order valence-corrected chi connectivity index (χ4v) is 6.34. The van der Waals surface area contributed by atoms with Gasteiger partial charge >= 0.3 is 0 Å². The molecule has 0 spiro atoms. The van der Waals surface area contributed by atoms with Gasteiger partial charge in [-0.2, -0.15) is 0 Å². The summed E-state index contributed by atoms with van der Waals surface area (Å²) in [4.78, 5) is 37.2. The summed E-state index contributed by atoms with van der Waals surface area (Å²) >= 11 is 0. The Kier molecular flexibility index (Phi) is 8.95. The van der Waals surface area contributed by atoms with Crippen LogP contribution in [0.3, 0.4) is 0 Å². The third-order valence-corrected chi connectivity index (χ3v) is 9.15. The lowest BCUT2D eigenvalue weighted by Gasteiger charge is -2.31. The zero-order chi connectivity index (χ0) is 32.4. The molecular weight excluding hydrogens is 570 g/mol. The number of pyridine rings is 2. The van der Waals surface area contributed by atoms with E-state index in [0.717, 1.165) is 45.4 Å². The van der Waals surface area contributed by atoms with Gasteiger partial charge in [0.15, 0.2) is 0 Å². The zero-order valence-corrected chi connectivity index (χ0v) is 26.9. The molecule has 2 heterocycles. The topological polar surface area (TPSA) is 110 Å². The summed E-state index contributed by atoms with van der Waals surface area (Å²) in [7, 11) is 0. The molecule has 2 amide bonds. The molecule has 0 aliphatic carbocycles. The van der Waals surface area contributed by atoms with Gasteiger partial charge in [0.25, 0.3) is 11.8 Å². The maximum atomic E-state index is 13.7. The lowest BCUT2D eigenvalue weighted by Crippen LogP contribution is -2.58. The third-order valence-electron chi connectivity index (χ3n) is 9.15. The van der Waals surface area contributed by atoms with Crippen LogP contribution in [0.1, 0.15) is 72.4 Å². The molecule has 2 atom stereocenters. The van der Waals surface area contributed by atoms with Gasteiger partial charge in [-0.1, -0.05) is 64.1 Å². The predicted molar refractivity (Wildman–Crippen MR) is 188 cm³/mol. The molecule has 0 aliphatic rings. The second-order valence-electron chi connectivity index (χ2n) is 12.0. The summed E-state index contributed by atoms with van der Waals surface area (Å²) in [6.45, 7) is 8.24. The Balaban J connectivity index is 1.23. The van der Waals surface area contributed by atoms with Crippen molar-refractivity contribution < 1.29 is 9.59 Å². The number of para-hydroxylation sites is 2. The second-order valence-corrected chi connectivity index (χ2v) is 12.0. The number of rotatable bonds is 10. The Bertz CT molecular complexity index is 1940. The van der Waals surface area contributed by atoms with Gasteiger partial charge in [-0.25, -0.2) is 9.97 Å². The quantitative estimate of drug-likeness (QED) is 0.141. The first-order valence-corrected chi connectivity index (χ1v) is 16.4. The van der Waals surface area contributed by atoms with Gasteiger partial charge in [0, 0.05) is 39.7 Å². The molecule has 0 fully saturated rings. The number of nitrogens with two attached hydrogens (primary N) is 1. The summed E-state index contributed by atoms with van der Waals surface area (Å²) < 4.78 is 0. The van der Waals surface area contributed by atoms with Gasteiger partial charge in [-0.05, 0) is 85.3 Å². The molecule has 4 aromatic carbocycles. The number of hydrogen-bond acceptors (Lipinski definition) is 5. The zero-order valence-electron chi connectivity index (χ0n) is 26.9. The van der Waals surface area contributed by atoms with Crippen LogP contribution in [0, 0.1) is 0 Å². The molecule has 234 valence electrons. The fraction of sp³-hybridized carbons (Fsp3) is 0.282. The van der Waals surface area contributed by atoms with Crippen LogP contribution in [-0.2, 0) is 12.8 Å². The SMILES string of the molecule is CCc1ccc2nc3c(C(=O)NC(CC)C(N)C(CC)NC(=O)c4cccc5cc6cc(CC)ccc6nc45)cccc3cc2c1. The van der Waals surface area contributed by atoms with E-state index in [0.29, 0.717) is 35.0 Å². The standard InChI is InChI=1S/C39H41N5O2/c1-5-23-15-17-33-27(19-23)21-25-11-9-13-29(36(25)41-33)38(45)43-31(7-3)35(40)32(8-4)44-39(46)30-14-10-12-26-22-28-20-24(6-2)16-18-34(28)42-37(26)30/h9-22,31-32,35H,5-8,40H2,1-4H3,(H,43,45)(H,44,46). The maximum absolute atomic E-state index is 13.7. The van der Waals surface area contributed by atoms with Crippen LogP contribution in [0.25, 0.3) is 43.6 Å². The molecule has 0 bridgehead atoms. The average Bonchev–Trinajstić information content (AvgIpc) is 3.09. The number of nitrogens with zero attached hydrogens (tertiary/aromatic N) is 2. The van der Waals surface area contributed by atoms with Crippen LogP contribution in [0.15, 0.2) is 84.9 Å². The first kappa shape index (κ1) is 31.1. The molecule has 46 heavy (non-hydrogen) atoms. The molecule has 0 aliphatic heterocycles. The highest BCUT2D eigenvalue weighted by Gasteiger charge is 2.28. The van der Waals surface area contributed by atoms with E-state index in [2.05, 4.69) is 60.9 Å². The van der Waals surface area contributed by atoms with Gasteiger partial charge < -0.3 is 16.4 Å². The Morgan fingerprint density at radius 1 is 0.609 bits per heavy atom. The molecule has 2 unspecified atom stereocenters. The minimum atomic E-state index is -0.518. The number of carbonyl (C=O) groups excluding carboxylic acids is 2. The number of aryl methyl sites for hydroxylation is 2. The van der Waals surface area contributed by atoms with Crippen LogP contribution < -0.4 is 16.4 Å². The van der Waals surface area contributed by atoms with Crippen molar-refractivity contribution in [1.82, 2.24) is 20.6 Å². The maximum Gasteiger partial charge on any atom is 0.253 e. The second kappa shape index (κ2) is 13.2. The van der Waals surface area contributed by atoms with Gasteiger partial charge in [0.05, 0.1) is 33.2 Å². The summed E-state index contributed by atoms with van der Waals surface area (Å²) in [5.74, 6) is -0.468. The van der Waals surface area contributed by atoms with E-state index in [4.69, 9.17) is 15.7 Å². The summed E-state index contributed by atoms with van der Waals surface area (Å²) in [6.07, 6.45) is 3.10. The third kappa shape index (κ3) is 6.03.